The Hall–Kier alpha value is -0.930. The number of rotatable bonds is 3. The zero-order valence-electron chi connectivity index (χ0n) is 11.2. The maximum absolute atomic E-state index is 6.26. The number of ether oxygens (including phenoxy) is 1. The number of nitrogens with zero attached hydrogens (tertiary/aromatic N) is 1. The Morgan fingerprint density at radius 1 is 1.39 bits per heavy atom. The van der Waals surface area contributed by atoms with Gasteiger partial charge in [-0.15, -0.1) is 0 Å². The van der Waals surface area contributed by atoms with Crippen LogP contribution < -0.4 is 10.2 Å². The molecule has 1 aromatic carbocycles. The molecule has 1 saturated heterocycles. The van der Waals surface area contributed by atoms with Crippen molar-refractivity contribution in [3.63, 3.8) is 0 Å². The molecule has 3 nitrogen and oxygen atoms in total. The van der Waals surface area contributed by atoms with Gasteiger partial charge >= 0.3 is 0 Å². The third kappa shape index (κ3) is 3.09. The van der Waals surface area contributed by atoms with Gasteiger partial charge < -0.3 is 15.0 Å². The highest BCUT2D eigenvalue weighted by Gasteiger charge is 2.20. The number of para-hydroxylation sites is 1. The SMILES string of the molecule is CC1CC(Nc2cccc(Cl)c2N(C)C)CCO1. The molecule has 100 valence electrons. The number of hydrogen-bond acceptors (Lipinski definition) is 3. The van der Waals surface area contributed by atoms with Crippen LogP contribution in [-0.4, -0.2) is 32.8 Å². The van der Waals surface area contributed by atoms with Crippen molar-refractivity contribution in [1.82, 2.24) is 0 Å². The lowest BCUT2D eigenvalue weighted by Crippen LogP contribution is -2.33. The van der Waals surface area contributed by atoms with Crippen molar-refractivity contribution in [2.24, 2.45) is 0 Å². The van der Waals surface area contributed by atoms with Gasteiger partial charge in [0.25, 0.3) is 0 Å². The molecule has 0 amide bonds. The fourth-order valence-corrected chi connectivity index (χ4v) is 2.78. The minimum Gasteiger partial charge on any atom is -0.380 e. The van der Waals surface area contributed by atoms with E-state index in [4.69, 9.17) is 16.3 Å². The number of anilines is 2. The van der Waals surface area contributed by atoms with E-state index in [9.17, 15) is 0 Å². The molecule has 2 atom stereocenters. The average Bonchev–Trinajstić information content (AvgIpc) is 2.28. The van der Waals surface area contributed by atoms with Crippen LogP contribution in [0.15, 0.2) is 18.2 Å². The van der Waals surface area contributed by atoms with E-state index in [0.717, 1.165) is 35.8 Å². The van der Waals surface area contributed by atoms with Gasteiger partial charge in [0.15, 0.2) is 0 Å². The molecule has 1 aliphatic rings. The topological polar surface area (TPSA) is 24.5 Å². The second-order valence-corrected chi connectivity index (χ2v) is 5.48. The van der Waals surface area contributed by atoms with Crippen LogP contribution in [0.3, 0.4) is 0 Å². The second-order valence-electron chi connectivity index (χ2n) is 5.08. The van der Waals surface area contributed by atoms with Crippen LogP contribution in [0.2, 0.25) is 5.02 Å². The molecule has 2 rings (SSSR count). The van der Waals surface area contributed by atoms with Gasteiger partial charge in [0, 0.05) is 26.7 Å². The number of hydrogen-bond donors (Lipinski definition) is 1. The van der Waals surface area contributed by atoms with E-state index in [1.54, 1.807) is 0 Å². The average molecular weight is 269 g/mol. The molecular weight excluding hydrogens is 248 g/mol. The van der Waals surface area contributed by atoms with E-state index in [1.807, 2.05) is 31.1 Å². The van der Waals surface area contributed by atoms with Crippen LogP contribution in [0, 0.1) is 0 Å². The Morgan fingerprint density at radius 3 is 2.83 bits per heavy atom. The lowest BCUT2D eigenvalue weighted by Gasteiger charge is -2.30. The molecule has 0 radical (unpaired) electrons. The van der Waals surface area contributed by atoms with Gasteiger partial charge in [-0.3, -0.25) is 0 Å². The highest BCUT2D eigenvalue weighted by molar-refractivity contribution is 6.34. The molecule has 18 heavy (non-hydrogen) atoms. The third-order valence-corrected chi connectivity index (χ3v) is 3.58. The van der Waals surface area contributed by atoms with Crippen LogP contribution in [0.25, 0.3) is 0 Å². The van der Waals surface area contributed by atoms with Crippen molar-refractivity contribution in [2.75, 3.05) is 30.9 Å². The minimum absolute atomic E-state index is 0.332. The third-order valence-electron chi connectivity index (χ3n) is 3.28. The fourth-order valence-electron chi connectivity index (χ4n) is 2.44. The Labute approximate surface area is 114 Å². The lowest BCUT2D eigenvalue weighted by atomic mass is 10.0. The maximum atomic E-state index is 6.26. The summed E-state index contributed by atoms with van der Waals surface area (Å²) < 4.78 is 5.57. The first-order valence-corrected chi connectivity index (χ1v) is 6.79. The molecule has 0 aliphatic carbocycles. The van der Waals surface area contributed by atoms with E-state index in [0.29, 0.717) is 12.1 Å². The minimum atomic E-state index is 0.332. The Kier molecular flexibility index (Phi) is 4.36. The van der Waals surface area contributed by atoms with E-state index in [1.165, 1.54) is 0 Å². The molecule has 0 spiro atoms. The summed E-state index contributed by atoms with van der Waals surface area (Å²) in [5.74, 6) is 0. The molecule has 4 heteroatoms. The Balaban J connectivity index is 2.15. The highest BCUT2D eigenvalue weighted by Crippen LogP contribution is 2.33. The molecular formula is C14H21ClN2O. The van der Waals surface area contributed by atoms with Crippen molar-refractivity contribution in [3.05, 3.63) is 23.2 Å². The van der Waals surface area contributed by atoms with E-state index in [-0.39, 0.29) is 0 Å². The molecule has 1 heterocycles. The Morgan fingerprint density at radius 2 is 2.17 bits per heavy atom. The van der Waals surface area contributed by atoms with Crippen LogP contribution in [0.1, 0.15) is 19.8 Å². The summed E-state index contributed by atoms with van der Waals surface area (Å²) in [5.41, 5.74) is 2.16. The molecule has 0 aromatic heterocycles. The summed E-state index contributed by atoms with van der Waals surface area (Å²) in [6.45, 7) is 2.95. The van der Waals surface area contributed by atoms with Crippen molar-refractivity contribution in [2.45, 2.75) is 31.9 Å². The first-order chi connectivity index (χ1) is 8.58. The summed E-state index contributed by atoms with van der Waals surface area (Å²) in [7, 11) is 4.03. The van der Waals surface area contributed by atoms with Crippen molar-refractivity contribution >= 4 is 23.0 Å². The van der Waals surface area contributed by atoms with Crippen molar-refractivity contribution in [1.29, 1.82) is 0 Å². The monoisotopic (exact) mass is 268 g/mol. The summed E-state index contributed by atoms with van der Waals surface area (Å²) in [4.78, 5) is 2.05. The van der Waals surface area contributed by atoms with Crippen LogP contribution >= 0.6 is 11.6 Å². The van der Waals surface area contributed by atoms with Gasteiger partial charge in [-0.25, -0.2) is 0 Å². The molecule has 0 bridgehead atoms. The van der Waals surface area contributed by atoms with Crippen molar-refractivity contribution < 1.29 is 4.74 Å². The van der Waals surface area contributed by atoms with E-state index in [2.05, 4.69) is 18.3 Å². The first-order valence-electron chi connectivity index (χ1n) is 6.42. The smallest absolute Gasteiger partial charge is 0.0786 e. The summed E-state index contributed by atoms with van der Waals surface area (Å²) in [6, 6.07) is 6.46. The summed E-state index contributed by atoms with van der Waals surface area (Å²) in [6.07, 6.45) is 2.42. The van der Waals surface area contributed by atoms with E-state index >= 15 is 0 Å². The molecule has 1 aliphatic heterocycles. The standard InChI is InChI=1S/C14H21ClN2O/c1-10-9-11(7-8-18-10)16-13-6-4-5-12(15)14(13)17(2)3/h4-6,10-11,16H,7-9H2,1-3H3. The highest BCUT2D eigenvalue weighted by atomic mass is 35.5. The van der Waals surface area contributed by atoms with Gasteiger partial charge in [0.1, 0.15) is 0 Å². The quantitative estimate of drug-likeness (QED) is 0.910. The second kappa shape index (κ2) is 5.81. The molecule has 1 aromatic rings. The van der Waals surface area contributed by atoms with E-state index < -0.39 is 0 Å². The molecule has 2 unspecified atom stereocenters. The van der Waals surface area contributed by atoms with Gasteiger partial charge in [-0.05, 0) is 31.9 Å². The molecule has 0 saturated carbocycles. The predicted molar refractivity (Wildman–Crippen MR) is 77.8 cm³/mol. The number of nitrogens with one attached hydrogen (secondary N) is 1. The van der Waals surface area contributed by atoms with Gasteiger partial charge in [0.2, 0.25) is 0 Å². The summed E-state index contributed by atoms with van der Waals surface area (Å²) >= 11 is 6.26. The molecule has 1 N–H and O–H groups in total. The zero-order chi connectivity index (χ0) is 13.1. The predicted octanol–water partition coefficient (Wildman–Crippen LogP) is 3.39. The van der Waals surface area contributed by atoms with Crippen molar-refractivity contribution in [3.8, 4) is 0 Å². The molecule has 1 fully saturated rings. The van der Waals surface area contributed by atoms with Gasteiger partial charge in [0.05, 0.1) is 22.5 Å². The normalized spacial score (nSPS) is 23.8. The van der Waals surface area contributed by atoms with Crippen LogP contribution in [0.4, 0.5) is 11.4 Å². The van der Waals surface area contributed by atoms with Gasteiger partial charge in [-0.1, -0.05) is 17.7 Å². The first kappa shape index (κ1) is 13.5. The zero-order valence-corrected chi connectivity index (χ0v) is 12.0. The van der Waals surface area contributed by atoms with Crippen LogP contribution in [0.5, 0.6) is 0 Å². The number of benzene rings is 1. The maximum Gasteiger partial charge on any atom is 0.0786 e. The summed E-state index contributed by atoms with van der Waals surface area (Å²) in [5, 5.41) is 4.38. The Bertz CT molecular complexity index is 409. The van der Waals surface area contributed by atoms with Crippen LogP contribution in [-0.2, 0) is 4.74 Å². The largest absolute Gasteiger partial charge is 0.380 e. The van der Waals surface area contributed by atoms with Gasteiger partial charge in [-0.2, -0.15) is 0 Å². The fraction of sp³-hybridized carbons (Fsp3) is 0.571. The lowest BCUT2D eigenvalue weighted by molar-refractivity contribution is 0.0232. The number of halogens is 1.